The van der Waals surface area contributed by atoms with Gasteiger partial charge in [-0.3, -0.25) is 9.69 Å². The number of carbonyl (C=O) groups excluding carboxylic acids is 1. The quantitative estimate of drug-likeness (QED) is 0.788. The maximum absolute atomic E-state index is 10.9. The molecular formula is C14H27N3O. The lowest BCUT2D eigenvalue weighted by Crippen LogP contribution is -2.51. The van der Waals surface area contributed by atoms with Crippen molar-refractivity contribution in [1.29, 1.82) is 0 Å². The fourth-order valence-electron chi connectivity index (χ4n) is 3.11. The number of hydrogen-bond donors (Lipinski definition) is 2. The van der Waals surface area contributed by atoms with E-state index in [1.165, 1.54) is 38.8 Å². The van der Waals surface area contributed by atoms with E-state index in [0.717, 1.165) is 19.1 Å². The van der Waals surface area contributed by atoms with E-state index in [1.807, 2.05) is 0 Å². The first-order chi connectivity index (χ1) is 8.65. The van der Waals surface area contributed by atoms with Gasteiger partial charge in [-0.1, -0.05) is 0 Å². The molecule has 2 unspecified atom stereocenters. The number of nitrogens with zero attached hydrogens (tertiary/aromatic N) is 1. The van der Waals surface area contributed by atoms with Crippen LogP contribution in [0.25, 0.3) is 0 Å². The molecular weight excluding hydrogens is 226 g/mol. The first-order valence-electron chi connectivity index (χ1n) is 7.37. The minimum Gasteiger partial charge on any atom is -0.356 e. The summed E-state index contributed by atoms with van der Waals surface area (Å²) in [6.07, 6.45) is 5.10. The van der Waals surface area contributed by atoms with Gasteiger partial charge in [0.15, 0.2) is 0 Å². The molecule has 2 rings (SSSR count). The van der Waals surface area contributed by atoms with Gasteiger partial charge >= 0.3 is 0 Å². The molecule has 0 radical (unpaired) electrons. The molecule has 0 bridgehead atoms. The third-order valence-corrected chi connectivity index (χ3v) is 4.44. The summed E-state index contributed by atoms with van der Waals surface area (Å²) in [5, 5.41) is 6.53. The van der Waals surface area contributed by atoms with Crippen LogP contribution < -0.4 is 10.6 Å². The molecule has 2 fully saturated rings. The second-order valence-corrected chi connectivity index (χ2v) is 5.96. The van der Waals surface area contributed by atoms with Crippen molar-refractivity contribution >= 4 is 5.91 Å². The number of piperidine rings is 2. The fraction of sp³-hybridized carbons (Fsp3) is 0.929. The Morgan fingerprint density at radius 1 is 1.28 bits per heavy atom. The molecule has 104 valence electrons. The summed E-state index contributed by atoms with van der Waals surface area (Å²) in [4.78, 5) is 13.5. The molecule has 2 N–H and O–H groups in total. The zero-order valence-corrected chi connectivity index (χ0v) is 11.7. The summed E-state index contributed by atoms with van der Waals surface area (Å²) < 4.78 is 0. The van der Waals surface area contributed by atoms with E-state index in [1.54, 1.807) is 6.92 Å². The molecule has 2 atom stereocenters. The molecule has 4 nitrogen and oxygen atoms in total. The smallest absolute Gasteiger partial charge is 0.216 e. The predicted molar refractivity (Wildman–Crippen MR) is 73.5 cm³/mol. The van der Waals surface area contributed by atoms with Gasteiger partial charge in [0.2, 0.25) is 5.91 Å². The van der Waals surface area contributed by atoms with Crippen molar-refractivity contribution in [2.24, 2.45) is 5.92 Å². The lowest BCUT2D eigenvalue weighted by Gasteiger charge is -2.40. The van der Waals surface area contributed by atoms with E-state index in [-0.39, 0.29) is 5.91 Å². The zero-order valence-electron chi connectivity index (χ0n) is 11.7. The van der Waals surface area contributed by atoms with Crippen molar-refractivity contribution in [2.75, 3.05) is 26.2 Å². The van der Waals surface area contributed by atoms with Gasteiger partial charge in [0.1, 0.15) is 0 Å². The van der Waals surface area contributed by atoms with Crippen LogP contribution in [0.2, 0.25) is 0 Å². The Balaban J connectivity index is 1.68. The second-order valence-electron chi connectivity index (χ2n) is 5.96. The minimum absolute atomic E-state index is 0.0999. The van der Waals surface area contributed by atoms with Gasteiger partial charge in [0.25, 0.3) is 0 Å². The summed E-state index contributed by atoms with van der Waals surface area (Å²) >= 11 is 0. The van der Waals surface area contributed by atoms with Crippen LogP contribution in [0.15, 0.2) is 0 Å². The van der Waals surface area contributed by atoms with Crippen molar-refractivity contribution in [3.63, 3.8) is 0 Å². The zero-order chi connectivity index (χ0) is 13.0. The number of hydrogen-bond acceptors (Lipinski definition) is 3. The highest BCUT2D eigenvalue weighted by molar-refractivity contribution is 5.72. The molecule has 2 heterocycles. The van der Waals surface area contributed by atoms with Crippen LogP contribution in [-0.2, 0) is 4.79 Å². The average Bonchev–Trinajstić information content (AvgIpc) is 2.38. The number of rotatable bonds is 3. The Morgan fingerprint density at radius 2 is 2.00 bits per heavy atom. The van der Waals surface area contributed by atoms with E-state index >= 15 is 0 Å². The standard InChI is InChI=1S/C14H27N3O/c1-11-3-4-14(10-15-11)17-7-5-13(6-8-17)9-16-12(2)18/h11,13-15H,3-10H2,1-2H3,(H,16,18). The van der Waals surface area contributed by atoms with Crippen LogP contribution in [0.3, 0.4) is 0 Å². The van der Waals surface area contributed by atoms with Gasteiger partial charge in [-0.15, -0.1) is 0 Å². The summed E-state index contributed by atoms with van der Waals surface area (Å²) in [5.74, 6) is 0.781. The lowest BCUT2D eigenvalue weighted by atomic mass is 9.93. The SMILES string of the molecule is CC(=O)NCC1CCN(C2CCC(C)NC2)CC1. The van der Waals surface area contributed by atoms with Crippen LogP contribution in [0.1, 0.15) is 39.5 Å². The topological polar surface area (TPSA) is 44.4 Å². The number of amides is 1. The Morgan fingerprint density at radius 3 is 2.56 bits per heavy atom. The largest absolute Gasteiger partial charge is 0.356 e. The lowest BCUT2D eigenvalue weighted by molar-refractivity contribution is -0.119. The molecule has 4 heteroatoms. The van der Waals surface area contributed by atoms with E-state index in [0.29, 0.717) is 12.0 Å². The van der Waals surface area contributed by atoms with Crippen molar-refractivity contribution in [2.45, 2.75) is 51.6 Å². The number of carbonyl (C=O) groups is 1. The maximum Gasteiger partial charge on any atom is 0.216 e. The van der Waals surface area contributed by atoms with E-state index in [9.17, 15) is 4.79 Å². The van der Waals surface area contributed by atoms with Crippen LogP contribution in [0, 0.1) is 5.92 Å². The fourth-order valence-corrected chi connectivity index (χ4v) is 3.11. The molecule has 0 aliphatic carbocycles. The summed E-state index contributed by atoms with van der Waals surface area (Å²) in [7, 11) is 0. The van der Waals surface area contributed by atoms with Crippen molar-refractivity contribution in [1.82, 2.24) is 15.5 Å². The summed E-state index contributed by atoms with van der Waals surface area (Å²) in [5.41, 5.74) is 0. The molecule has 0 saturated carbocycles. The minimum atomic E-state index is 0.0999. The maximum atomic E-state index is 10.9. The first-order valence-corrected chi connectivity index (χ1v) is 7.37. The van der Waals surface area contributed by atoms with Crippen molar-refractivity contribution in [3.05, 3.63) is 0 Å². The van der Waals surface area contributed by atoms with Crippen LogP contribution in [0.5, 0.6) is 0 Å². The Hall–Kier alpha value is -0.610. The monoisotopic (exact) mass is 253 g/mol. The second kappa shape index (κ2) is 6.53. The van der Waals surface area contributed by atoms with Gasteiger partial charge in [-0.25, -0.2) is 0 Å². The molecule has 0 aromatic rings. The number of likely N-dealkylation sites (tertiary alicyclic amines) is 1. The van der Waals surface area contributed by atoms with E-state index in [2.05, 4.69) is 22.5 Å². The first kappa shape index (κ1) is 13.8. The highest BCUT2D eigenvalue weighted by Gasteiger charge is 2.27. The molecule has 0 aromatic carbocycles. The molecule has 0 aromatic heterocycles. The van der Waals surface area contributed by atoms with Gasteiger partial charge in [0, 0.05) is 32.1 Å². The van der Waals surface area contributed by atoms with Crippen LogP contribution >= 0.6 is 0 Å². The molecule has 2 aliphatic heterocycles. The van der Waals surface area contributed by atoms with Gasteiger partial charge in [-0.2, -0.15) is 0 Å². The van der Waals surface area contributed by atoms with Gasteiger partial charge in [-0.05, 0) is 51.6 Å². The Labute approximate surface area is 110 Å². The highest BCUT2D eigenvalue weighted by atomic mass is 16.1. The Kier molecular flexibility index (Phi) is 5.01. The highest BCUT2D eigenvalue weighted by Crippen LogP contribution is 2.22. The Bertz CT molecular complexity index is 266. The van der Waals surface area contributed by atoms with E-state index in [4.69, 9.17) is 0 Å². The van der Waals surface area contributed by atoms with Crippen molar-refractivity contribution < 1.29 is 4.79 Å². The average molecular weight is 253 g/mol. The van der Waals surface area contributed by atoms with E-state index < -0.39 is 0 Å². The summed E-state index contributed by atoms with van der Waals surface area (Å²) in [6, 6.07) is 1.43. The summed E-state index contributed by atoms with van der Waals surface area (Å²) in [6.45, 7) is 8.29. The van der Waals surface area contributed by atoms with Crippen LogP contribution in [0.4, 0.5) is 0 Å². The third kappa shape index (κ3) is 3.95. The number of nitrogens with one attached hydrogen (secondary N) is 2. The van der Waals surface area contributed by atoms with Crippen LogP contribution in [-0.4, -0.2) is 49.1 Å². The molecule has 18 heavy (non-hydrogen) atoms. The van der Waals surface area contributed by atoms with Crippen molar-refractivity contribution in [3.8, 4) is 0 Å². The predicted octanol–water partition coefficient (Wildman–Crippen LogP) is 0.975. The third-order valence-electron chi connectivity index (χ3n) is 4.44. The molecule has 1 amide bonds. The molecule has 2 saturated heterocycles. The molecule has 0 spiro atoms. The van der Waals surface area contributed by atoms with Gasteiger partial charge < -0.3 is 10.6 Å². The van der Waals surface area contributed by atoms with Gasteiger partial charge in [0.05, 0.1) is 0 Å². The molecule has 2 aliphatic rings. The normalized spacial score (nSPS) is 31.2.